The van der Waals surface area contributed by atoms with E-state index < -0.39 is 0 Å². The molecule has 0 unspecified atom stereocenters. The second kappa shape index (κ2) is 4.98. The van der Waals surface area contributed by atoms with Crippen LogP contribution in [0.15, 0.2) is 36.2 Å². The third-order valence-corrected chi connectivity index (χ3v) is 1.04. The largest absolute Gasteiger partial charge is 0.207 e. The molecule has 0 aliphatic heterocycles. The van der Waals surface area contributed by atoms with Gasteiger partial charge in [0, 0.05) is 0 Å². The van der Waals surface area contributed by atoms with E-state index in [1.165, 1.54) is 6.08 Å². The van der Waals surface area contributed by atoms with Gasteiger partial charge in [0.25, 0.3) is 0 Å². The zero-order valence-electron chi connectivity index (χ0n) is 6.52. The maximum absolute atomic E-state index is 12.6. The topological polar surface area (TPSA) is 0 Å². The van der Waals surface area contributed by atoms with E-state index in [-0.39, 0.29) is 5.83 Å². The van der Waals surface area contributed by atoms with Crippen LogP contribution in [0.25, 0.3) is 0 Å². The number of hydrogen-bond acceptors (Lipinski definition) is 0. The minimum absolute atomic E-state index is 0.151. The Morgan fingerprint density at radius 2 is 2.10 bits per heavy atom. The molecule has 0 saturated carbocycles. The van der Waals surface area contributed by atoms with Gasteiger partial charge in [-0.05, 0) is 31.9 Å². The molecule has 0 bridgehead atoms. The molecule has 0 atom stereocenters. The highest BCUT2D eigenvalue weighted by molar-refractivity contribution is 5.16. The van der Waals surface area contributed by atoms with Crippen molar-refractivity contribution in [2.45, 2.75) is 20.3 Å². The average Bonchev–Trinajstić information content (AvgIpc) is 1.88. The Kier molecular flexibility index (Phi) is 4.55. The molecule has 0 fully saturated rings. The van der Waals surface area contributed by atoms with Crippen LogP contribution >= 0.6 is 0 Å². The summed E-state index contributed by atoms with van der Waals surface area (Å²) >= 11 is 0. The monoisotopic (exact) mass is 140 g/mol. The Hall–Kier alpha value is -0.850. The van der Waals surface area contributed by atoms with Crippen LogP contribution in [0.1, 0.15) is 20.3 Å². The Labute approximate surface area is 61.8 Å². The molecule has 0 aromatic carbocycles. The van der Waals surface area contributed by atoms with E-state index in [0.717, 1.165) is 6.42 Å². The maximum Gasteiger partial charge on any atom is 0.121 e. The fourth-order valence-electron chi connectivity index (χ4n) is 0.434. The van der Waals surface area contributed by atoms with Crippen LogP contribution in [0.5, 0.6) is 0 Å². The second-order valence-corrected chi connectivity index (χ2v) is 2.27. The van der Waals surface area contributed by atoms with Gasteiger partial charge in [-0.2, -0.15) is 0 Å². The minimum atomic E-state index is -0.151. The first-order chi connectivity index (χ1) is 4.68. The number of rotatable bonds is 3. The first kappa shape index (κ1) is 9.15. The molecule has 0 aliphatic rings. The van der Waals surface area contributed by atoms with Crippen molar-refractivity contribution in [3.05, 3.63) is 36.2 Å². The van der Waals surface area contributed by atoms with Gasteiger partial charge in [0.05, 0.1) is 0 Å². The Balaban J connectivity index is 3.89. The first-order valence-corrected chi connectivity index (χ1v) is 3.29. The van der Waals surface area contributed by atoms with Gasteiger partial charge in [0.15, 0.2) is 0 Å². The molecule has 0 heterocycles. The summed E-state index contributed by atoms with van der Waals surface area (Å²) in [5.41, 5.74) is 0.709. The summed E-state index contributed by atoms with van der Waals surface area (Å²) in [6, 6.07) is 0. The van der Waals surface area contributed by atoms with Gasteiger partial charge in [-0.1, -0.05) is 12.2 Å². The summed E-state index contributed by atoms with van der Waals surface area (Å²) in [6.07, 6.45) is 5.67. The lowest BCUT2D eigenvalue weighted by atomic mass is 10.2. The van der Waals surface area contributed by atoms with Crippen LogP contribution in [-0.2, 0) is 0 Å². The van der Waals surface area contributed by atoms with E-state index in [1.54, 1.807) is 26.0 Å². The van der Waals surface area contributed by atoms with Crippen molar-refractivity contribution in [3.8, 4) is 0 Å². The molecule has 0 rings (SSSR count). The van der Waals surface area contributed by atoms with Gasteiger partial charge in [-0.25, -0.2) is 4.39 Å². The number of halogens is 1. The lowest BCUT2D eigenvalue weighted by Crippen LogP contribution is -1.70. The molecule has 10 heavy (non-hydrogen) atoms. The quantitative estimate of drug-likeness (QED) is 0.416. The first-order valence-electron chi connectivity index (χ1n) is 3.29. The lowest BCUT2D eigenvalue weighted by molar-refractivity contribution is 0.654. The third kappa shape index (κ3) is 4.07. The van der Waals surface area contributed by atoms with E-state index in [2.05, 4.69) is 6.58 Å². The van der Waals surface area contributed by atoms with Crippen molar-refractivity contribution >= 4 is 0 Å². The molecule has 0 aromatic heterocycles. The molecule has 0 spiro atoms. The summed E-state index contributed by atoms with van der Waals surface area (Å²) in [7, 11) is 0. The van der Waals surface area contributed by atoms with Crippen molar-refractivity contribution in [1.82, 2.24) is 0 Å². The molecule has 0 aliphatic carbocycles. The SMILES string of the molecule is C=CC/C=C\C(F)=C(C)C. The molecule has 0 saturated heterocycles. The fraction of sp³-hybridized carbons (Fsp3) is 0.333. The normalized spacial score (nSPS) is 9.90. The van der Waals surface area contributed by atoms with Crippen molar-refractivity contribution < 1.29 is 4.39 Å². The van der Waals surface area contributed by atoms with Crippen molar-refractivity contribution in [3.63, 3.8) is 0 Å². The fourth-order valence-corrected chi connectivity index (χ4v) is 0.434. The van der Waals surface area contributed by atoms with Gasteiger partial charge < -0.3 is 0 Å². The van der Waals surface area contributed by atoms with Crippen LogP contribution in [0.3, 0.4) is 0 Å². The average molecular weight is 140 g/mol. The van der Waals surface area contributed by atoms with E-state index in [0.29, 0.717) is 5.57 Å². The summed E-state index contributed by atoms with van der Waals surface area (Å²) in [5, 5.41) is 0. The summed E-state index contributed by atoms with van der Waals surface area (Å²) in [4.78, 5) is 0. The van der Waals surface area contributed by atoms with Crippen molar-refractivity contribution in [1.29, 1.82) is 0 Å². The Morgan fingerprint density at radius 1 is 1.50 bits per heavy atom. The van der Waals surface area contributed by atoms with Crippen LogP contribution in [0.4, 0.5) is 4.39 Å². The van der Waals surface area contributed by atoms with Crippen molar-refractivity contribution in [2.75, 3.05) is 0 Å². The predicted octanol–water partition coefficient (Wildman–Crippen LogP) is 3.38. The zero-order chi connectivity index (χ0) is 7.98. The molecule has 0 amide bonds. The van der Waals surface area contributed by atoms with E-state index in [9.17, 15) is 4.39 Å². The zero-order valence-corrected chi connectivity index (χ0v) is 6.52. The van der Waals surface area contributed by atoms with Gasteiger partial charge in [-0.15, -0.1) is 6.58 Å². The minimum Gasteiger partial charge on any atom is -0.207 e. The highest BCUT2D eigenvalue weighted by Gasteiger charge is 1.87. The highest BCUT2D eigenvalue weighted by atomic mass is 19.1. The molecule has 1 heteroatoms. The Morgan fingerprint density at radius 3 is 2.50 bits per heavy atom. The van der Waals surface area contributed by atoms with E-state index >= 15 is 0 Å². The smallest absolute Gasteiger partial charge is 0.121 e. The van der Waals surface area contributed by atoms with E-state index in [1.807, 2.05) is 0 Å². The van der Waals surface area contributed by atoms with Crippen molar-refractivity contribution in [2.24, 2.45) is 0 Å². The van der Waals surface area contributed by atoms with Crippen LogP contribution in [-0.4, -0.2) is 0 Å². The molecule has 0 nitrogen and oxygen atoms in total. The van der Waals surface area contributed by atoms with Gasteiger partial charge in [0.1, 0.15) is 5.83 Å². The number of hydrogen-bond donors (Lipinski definition) is 0. The summed E-state index contributed by atoms with van der Waals surface area (Å²) in [5.74, 6) is -0.151. The molecule has 56 valence electrons. The second-order valence-electron chi connectivity index (χ2n) is 2.27. The summed E-state index contributed by atoms with van der Waals surface area (Å²) < 4.78 is 12.6. The molecular formula is C9H13F. The maximum atomic E-state index is 12.6. The summed E-state index contributed by atoms with van der Waals surface area (Å²) in [6.45, 7) is 7.00. The van der Waals surface area contributed by atoms with Crippen LogP contribution in [0.2, 0.25) is 0 Å². The Bertz CT molecular complexity index is 160. The molecule has 0 aromatic rings. The van der Waals surface area contributed by atoms with Crippen LogP contribution in [0, 0.1) is 0 Å². The predicted molar refractivity (Wildman–Crippen MR) is 43.4 cm³/mol. The van der Waals surface area contributed by atoms with Gasteiger partial charge in [0.2, 0.25) is 0 Å². The lowest BCUT2D eigenvalue weighted by Gasteiger charge is -1.88. The number of allylic oxidation sites excluding steroid dienone is 5. The standard InChI is InChI=1S/C9H13F/c1-4-5-6-7-9(10)8(2)3/h4,6-7H,1,5H2,2-3H3/b7-6-. The third-order valence-electron chi connectivity index (χ3n) is 1.04. The van der Waals surface area contributed by atoms with Crippen LogP contribution < -0.4 is 0 Å². The molecule has 0 N–H and O–H groups in total. The molecular weight excluding hydrogens is 127 g/mol. The highest BCUT2D eigenvalue weighted by Crippen LogP contribution is 2.05. The molecule has 0 radical (unpaired) electrons. The van der Waals surface area contributed by atoms with Gasteiger partial charge >= 0.3 is 0 Å². The van der Waals surface area contributed by atoms with E-state index in [4.69, 9.17) is 0 Å². The van der Waals surface area contributed by atoms with Gasteiger partial charge in [-0.3, -0.25) is 0 Å².